The first-order valence-electron chi connectivity index (χ1n) is 12.1. The molecule has 180 valence electrons. The highest BCUT2D eigenvalue weighted by molar-refractivity contribution is 5.95. The first kappa shape index (κ1) is 24.8. The van der Waals surface area contributed by atoms with Crippen LogP contribution in [0.4, 0.5) is 0 Å². The van der Waals surface area contributed by atoms with Gasteiger partial charge in [0.2, 0.25) is 0 Å². The van der Waals surface area contributed by atoms with Gasteiger partial charge in [0.1, 0.15) is 0 Å². The van der Waals surface area contributed by atoms with Gasteiger partial charge < -0.3 is 29.7 Å². The maximum Gasteiger partial charge on any atom is 0.254 e. The summed E-state index contributed by atoms with van der Waals surface area (Å²) < 4.78 is 16.4. The third-order valence-electron chi connectivity index (χ3n) is 6.73. The molecular formula is C25H41N3O4. The molecule has 1 aromatic carbocycles. The SMILES string of the molecule is COCCCOc1cc(C(=O)N(C[C@@H]2CNC[C@H]2CNC2CCC2)C(C)C)ccc1OC. The quantitative estimate of drug-likeness (QED) is 0.453. The molecule has 1 heterocycles. The second-order valence-corrected chi connectivity index (χ2v) is 9.33. The Morgan fingerprint density at radius 1 is 1.16 bits per heavy atom. The van der Waals surface area contributed by atoms with Crippen LogP contribution in [0.25, 0.3) is 0 Å². The number of carbonyl (C=O) groups excluding carboxylic acids is 1. The van der Waals surface area contributed by atoms with Gasteiger partial charge in [-0.25, -0.2) is 0 Å². The highest BCUT2D eigenvalue weighted by atomic mass is 16.5. The fourth-order valence-electron chi connectivity index (χ4n) is 4.42. The van der Waals surface area contributed by atoms with Gasteiger partial charge in [0, 0.05) is 50.9 Å². The zero-order valence-corrected chi connectivity index (χ0v) is 20.2. The van der Waals surface area contributed by atoms with Crippen molar-refractivity contribution in [2.45, 2.75) is 51.6 Å². The van der Waals surface area contributed by atoms with Crippen LogP contribution >= 0.6 is 0 Å². The van der Waals surface area contributed by atoms with Gasteiger partial charge in [0.25, 0.3) is 5.91 Å². The van der Waals surface area contributed by atoms with Gasteiger partial charge in [0.15, 0.2) is 11.5 Å². The minimum absolute atomic E-state index is 0.0435. The highest BCUT2D eigenvalue weighted by Crippen LogP contribution is 2.30. The molecule has 0 radical (unpaired) electrons. The van der Waals surface area contributed by atoms with Crippen molar-refractivity contribution in [3.8, 4) is 11.5 Å². The summed E-state index contributed by atoms with van der Waals surface area (Å²) in [6.07, 6.45) is 4.73. The summed E-state index contributed by atoms with van der Waals surface area (Å²) in [5.41, 5.74) is 0.636. The molecule has 3 rings (SSSR count). The van der Waals surface area contributed by atoms with Crippen molar-refractivity contribution in [3.63, 3.8) is 0 Å². The van der Waals surface area contributed by atoms with E-state index in [0.29, 0.717) is 48.2 Å². The van der Waals surface area contributed by atoms with Gasteiger partial charge in [0.05, 0.1) is 13.7 Å². The summed E-state index contributed by atoms with van der Waals surface area (Å²) in [5.74, 6) is 2.29. The largest absolute Gasteiger partial charge is 0.493 e. The molecule has 7 heteroatoms. The second-order valence-electron chi connectivity index (χ2n) is 9.33. The Morgan fingerprint density at radius 3 is 2.59 bits per heavy atom. The van der Waals surface area contributed by atoms with Crippen molar-refractivity contribution in [1.29, 1.82) is 0 Å². The topological polar surface area (TPSA) is 72.1 Å². The summed E-state index contributed by atoms with van der Waals surface area (Å²) in [6.45, 7) is 9.10. The molecule has 1 saturated carbocycles. The van der Waals surface area contributed by atoms with Gasteiger partial charge >= 0.3 is 0 Å². The number of amides is 1. The monoisotopic (exact) mass is 447 g/mol. The molecule has 2 N–H and O–H groups in total. The van der Waals surface area contributed by atoms with Crippen molar-refractivity contribution < 1.29 is 19.0 Å². The van der Waals surface area contributed by atoms with E-state index in [1.54, 1.807) is 14.2 Å². The molecule has 2 aliphatic rings. The number of benzene rings is 1. The average molecular weight is 448 g/mol. The molecular weight excluding hydrogens is 406 g/mol. The normalized spacial score (nSPS) is 20.9. The van der Waals surface area contributed by atoms with Crippen LogP contribution in [-0.4, -0.2) is 76.5 Å². The Kier molecular flexibility index (Phi) is 9.63. The molecule has 1 aromatic rings. The molecule has 7 nitrogen and oxygen atoms in total. The lowest BCUT2D eigenvalue weighted by molar-refractivity contribution is 0.0660. The van der Waals surface area contributed by atoms with E-state index in [1.165, 1.54) is 19.3 Å². The van der Waals surface area contributed by atoms with E-state index < -0.39 is 0 Å². The number of methoxy groups -OCH3 is 2. The maximum atomic E-state index is 13.5. The van der Waals surface area contributed by atoms with E-state index in [2.05, 4.69) is 24.5 Å². The number of rotatable bonds is 13. The number of carbonyl (C=O) groups is 1. The van der Waals surface area contributed by atoms with Crippen LogP contribution < -0.4 is 20.1 Å². The Balaban J connectivity index is 1.65. The van der Waals surface area contributed by atoms with Gasteiger partial charge in [-0.3, -0.25) is 4.79 Å². The predicted octanol–water partition coefficient (Wildman–Crippen LogP) is 2.94. The first-order chi connectivity index (χ1) is 15.5. The molecule has 0 spiro atoms. The van der Waals surface area contributed by atoms with Crippen LogP contribution in [0.5, 0.6) is 11.5 Å². The summed E-state index contributed by atoms with van der Waals surface area (Å²) in [4.78, 5) is 15.5. The molecule has 1 aliphatic carbocycles. The lowest BCUT2D eigenvalue weighted by Gasteiger charge is -2.33. The minimum atomic E-state index is 0.0435. The average Bonchev–Trinajstić information content (AvgIpc) is 3.20. The standard InChI is InChI=1S/C25H41N3O4/c1-18(2)28(17-21-15-26-14-20(21)16-27-22-7-5-8-22)25(29)19-9-10-23(31-4)24(13-19)32-12-6-11-30-3/h9-10,13,18,20-22,26-27H,5-8,11-12,14-17H2,1-4H3/t20-,21-/m0/s1. The van der Waals surface area contributed by atoms with Gasteiger partial charge in [-0.2, -0.15) is 0 Å². The smallest absolute Gasteiger partial charge is 0.254 e. The first-order valence-corrected chi connectivity index (χ1v) is 12.1. The van der Waals surface area contributed by atoms with Crippen LogP contribution in [0.1, 0.15) is 49.9 Å². The van der Waals surface area contributed by atoms with Crippen molar-refractivity contribution in [3.05, 3.63) is 23.8 Å². The number of hydrogen-bond donors (Lipinski definition) is 2. The van der Waals surface area contributed by atoms with Gasteiger partial charge in [-0.15, -0.1) is 0 Å². The third kappa shape index (κ3) is 6.59. The highest BCUT2D eigenvalue weighted by Gasteiger charge is 2.32. The Morgan fingerprint density at radius 2 is 1.94 bits per heavy atom. The van der Waals surface area contributed by atoms with Crippen LogP contribution in [0.3, 0.4) is 0 Å². The fraction of sp³-hybridized carbons (Fsp3) is 0.720. The van der Waals surface area contributed by atoms with E-state index in [-0.39, 0.29) is 11.9 Å². The predicted molar refractivity (Wildman–Crippen MR) is 127 cm³/mol. The summed E-state index contributed by atoms with van der Waals surface area (Å²) in [5, 5.41) is 7.26. The number of ether oxygens (including phenoxy) is 3. The minimum Gasteiger partial charge on any atom is -0.493 e. The molecule has 1 saturated heterocycles. The third-order valence-corrected chi connectivity index (χ3v) is 6.73. The zero-order valence-electron chi connectivity index (χ0n) is 20.2. The summed E-state index contributed by atoms with van der Waals surface area (Å²) >= 11 is 0. The number of hydrogen-bond acceptors (Lipinski definition) is 6. The fourth-order valence-corrected chi connectivity index (χ4v) is 4.42. The molecule has 0 unspecified atom stereocenters. The lowest BCUT2D eigenvalue weighted by atomic mass is 9.90. The summed E-state index contributed by atoms with van der Waals surface area (Å²) in [7, 11) is 3.29. The van der Waals surface area contributed by atoms with E-state index in [4.69, 9.17) is 14.2 Å². The number of nitrogens with zero attached hydrogens (tertiary/aromatic N) is 1. The van der Waals surface area contributed by atoms with Crippen LogP contribution in [0, 0.1) is 11.8 Å². The van der Waals surface area contributed by atoms with Crippen molar-refractivity contribution in [2.75, 3.05) is 53.6 Å². The van der Waals surface area contributed by atoms with Gasteiger partial charge in [-0.05, 0) is 69.8 Å². The maximum absolute atomic E-state index is 13.5. The Bertz CT molecular complexity index is 723. The van der Waals surface area contributed by atoms with Crippen LogP contribution in [-0.2, 0) is 4.74 Å². The zero-order chi connectivity index (χ0) is 22.9. The van der Waals surface area contributed by atoms with Crippen molar-refractivity contribution in [1.82, 2.24) is 15.5 Å². The van der Waals surface area contributed by atoms with Crippen molar-refractivity contribution in [2.24, 2.45) is 11.8 Å². The molecule has 2 atom stereocenters. The molecule has 2 fully saturated rings. The molecule has 1 aliphatic heterocycles. The van der Waals surface area contributed by atoms with Crippen molar-refractivity contribution >= 4 is 5.91 Å². The number of nitrogens with one attached hydrogen (secondary N) is 2. The lowest BCUT2D eigenvalue weighted by Crippen LogP contribution is -2.44. The van der Waals surface area contributed by atoms with E-state index >= 15 is 0 Å². The Hall–Kier alpha value is -1.83. The van der Waals surface area contributed by atoms with E-state index in [1.807, 2.05) is 23.1 Å². The summed E-state index contributed by atoms with van der Waals surface area (Å²) in [6, 6.07) is 6.28. The second kappa shape index (κ2) is 12.4. The molecule has 1 amide bonds. The molecule has 0 bridgehead atoms. The van der Waals surface area contributed by atoms with E-state index in [0.717, 1.165) is 32.6 Å². The van der Waals surface area contributed by atoms with Gasteiger partial charge in [-0.1, -0.05) is 6.42 Å². The Labute approximate surface area is 193 Å². The van der Waals surface area contributed by atoms with E-state index in [9.17, 15) is 4.79 Å². The molecule has 0 aromatic heterocycles. The molecule has 32 heavy (non-hydrogen) atoms. The van der Waals surface area contributed by atoms with Crippen LogP contribution in [0.2, 0.25) is 0 Å². The van der Waals surface area contributed by atoms with Crippen LogP contribution in [0.15, 0.2) is 18.2 Å².